The van der Waals surface area contributed by atoms with Crippen molar-refractivity contribution in [2.24, 2.45) is 0 Å². The van der Waals surface area contributed by atoms with E-state index >= 15 is 0 Å². The van der Waals surface area contributed by atoms with Crippen molar-refractivity contribution in [1.82, 2.24) is 4.98 Å². The summed E-state index contributed by atoms with van der Waals surface area (Å²) in [6, 6.07) is 3.40. The lowest BCUT2D eigenvalue weighted by molar-refractivity contribution is 0.0271. The first-order valence-electron chi connectivity index (χ1n) is 4.43. The molecule has 5 nitrogen and oxygen atoms in total. The van der Waals surface area contributed by atoms with Crippen LogP contribution in [0.15, 0.2) is 12.3 Å². The quantitative estimate of drug-likeness (QED) is 0.760. The van der Waals surface area contributed by atoms with E-state index in [1.54, 1.807) is 13.8 Å². The summed E-state index contributed by atoms with van der Waals surface area (Å²) in [7, 11) is 0. The van der Waals surface area contributed by atoms with E-state index < -0.39 is 5.60 Å². The second kappa shape index (κ2) is 4.15. The Balaban J connectivity index is 2.76. The molecule has 5 heteroatoms. The molecule has 3 N–H and O–H groups in total. The van der Waals surface area contributed by atoms with E-state index in [0.717, 1.165) is 0 Å². The highest BCUT2D eigenvalue weighted by atomic mass is 16.5. The minimum Gasteiger partial charge on any atom is -0.473 e. The Morgan fingerprint density at radius 1 is 1.67 bits per heavy atom. The first-order chi connectivity index (χ1) is 6.92. The molecule has 0 amide bonds. The van der Waals surface area contributed by atoms with Gasteiger partial charge in [-0.25, -0.2) is 4.98 Å². The van der Waals surface area contributed by atoms with Gasteiger partial charge in [-0.1, -0.05) is 0 Å². The molecular formula is C10H13N3O2. The Morgan fingerprint density at radius 3 is 2.80 bits per heavy atom. The van der Waals surface area contributed by atoms with Gasteiger partial charge in [0.1, 0.15) is 12.7 Å². The molecule has 0 radical (unpaired) electrons. The molecule has 0 aromatic carbocycles. The molecule has 0 spiro atoms. The van der Waals surface area contributed by atoms with E-state index in [1.165, 1.54) is 12.3 Å². The fourth-order valence-electron chi connectivity index (χ4n) is 0.896. The maximum absolute atomic E-state index is 9.42. The second-order valence-electron chi connectivity index (χ2n) is 3.83. The predicted octanol–water partition coefficient (Wildman–Crippen LogP) is 0.685. The van der Waals surface area contributed by atoms with Gasteiger partial charge in [0.15, 0.2) is 0 Å². The average Bonchev–Trinajstić information content (AvgIpc) is 2.14. The molecule has 0 aliphatic heterocycles. The zero-order chi connectivity index (χ0) is 11.5. The van der Waals surface area contributed by atoms with Crippen LogP contribution in [0.5, 0.6) is 5.88 Å². The summed E-state index contributed by atoms with van der Waals surface area (Å²) >= 11 is 0. The fraction of sp³-hybridized carbons (Fsp3) is 0.400. The van der Waals surface area contributed by atoms with Crippen LogP contribution in [0.4, 0.5) is 5.69 Å². The summed E-state index contributed by atoms with van der Waals surface area (Å²) in [5.41, 5.74) is 5.33. The largest absolute Gasteiger partial charge is 0.473 e. The number of nitriles is 1. The Kier molecular flexibility index (Phi) is 3.12. The van der Waals surface area contributed by atoms with Crippen molar-refractivity contribution < 1.29 is 9.84 Å². The predicted molar refractivity (Wildman–Crippen MR) is 55.2 cm³/mol. The molecule has 1 heterocycles. The van der Waals surface area contributed by atoms with Gasteiger partial charge < -0.3 is 15.6 Å². The molecule has 0 aliphatic carbocycles. The summed E-state index contributed by atoms with van der Waals surface area (Å²) in [6.07, 6.45) is 1.37. The molecule has 15 heavy (non-hydrogen) atoms. The van der Waals surface area contributed by atoms with Gasteiger partial charge in [0.05, 0.1) is 16.9 Å². The fourth-order valence-corrected chi connectivity index (χ4v) is 0.896. The number of aliphatic hydroxyl groups is 1. The Labute approximate surface area is 88.1 Å². The number of pyridine rings is 1. The van der Waals surface area contributed by atoms with Crippen LogP contribution in [0.2, 0.25) is 0 Å². The number of ether oxygens (including phenoxy) is 1. The molecule has 1 aromatic rings. The number of nitrogens with zero attached hydrogens (tertiary/aromatic N) is 2. The van der Waals surface area contributed by atoms with Gasteiger partial charge >= 0.3 is 0 Å². The number of anilines is 1. The van der Waals surface area contributed by atoms with Gasteiger partial charge in [-0.3, -0.25) is 0 Å². The summed E-state index contributed by atoms with van der Waals surface area (Å²) in [5.74, 6) is 0.233. The standard InChI is InChI=1S/C10H13N3O2/c1-10(2,14)6-15-9-8(12)3-7(4-11)5-13-9/h3,5,14H,6,12H2,1-2H3. The van der Waals surface area contributed by atoms with Gasteiger partial charge in [-0.15, -0.1) is 0 Å². The van der Waals surface area contributed by atoms with Crippen molar-refractivity contribution in [3.63, 3.8) is 0 Å². The summed E-state index contributed by atoms with van der Waals surface area (Å²) in [4.78, 5) is 3.87. The van der Waals surface area contributed by atoms with E-state index in [2.05, 4.69) is 4.98 Å². The van der Waals surface area contributed by atoms with Crippen molar-refractivity contribution in [2.75, 3.05) is 12.3 Å². The van der Waals surface area contributed by atoms with Gasteiger partial charge in [0.2, 0.25) is 5.88 Å². The van der Waals surface area contributed by atoms with Crippen LogP contribution in [-0.4, -0.2) is 22.3 Å². The third kappa shape index (κ3) is 3.44. The Morgan fingerprint density at radius 2 is 2.33 bits per heavy atom. The smallest absolute Gasteiger partial charge is 0.237 e. The van der Waals surface area contributed by atoms with Crippen LogP contribution in [-0.2, 0) is 0 Å². The third-order valence-electron chi connectivity index (χ3n) is 1.57. The number of rotatable bonds is 3. The maximum atomic E-state index is 9.42. The number of nitrogens with two attached hydrogens (primary N) is 1. The monoisotopic (exact) mass is 207 g/mol. The zero-order valence-electron chi connectivity index (χ0n) is 8.69. The highest BCUT2D eigenvalue weighted by Gasteiger charge is 2.14. The Bertz CT molecular complexity index is 391. The number of nitrogen functional groups attached to an aromatic ring is 1. The van der Waals surface area contributed by atoms with Gasteiger partial charge in [-0.2, -0.15) is 5.26 Å². The van der Waals surface area contributed by atoms with Crippen LogP contribution in [0.25, 0.3) is 0 Å². The lowest BCUT2D eigenvalue weighted by atomic mass is 10.2. The molecule has 1 rings (SSSR count). The average molecular weight is 207 g/mol. The Hall–Kier alpha value is -1.80. The van der Waals surface area contributed by atoms with E-state index in [0.29, 0.717) is 11.3 Å². The lowest BCUT2D eigenvalue weighted by Gasteiger charge is -2.17. The highest BCUT2D eigenvalue weighted by Crippen LogP contribution is 2.19. The molecule has 0 bridgehead atoms. The normalized spacial score (nSPS) is 10.8. The van der Waals surface area contributed by atoms with Crippen LogP contribution >= 0.6 is 0 Å². The van der Waals surface area contributed by atoms with Crippen LogP contribution < -0.4 is 10.5 Å². The minimum absolute atomic E-state index is 0.0934. The molecule has 0 aliphatic rings. The lowest BCUT2D eigenvalue weighted by Crippen LogP contribution is -2.28. The molecule has 0 unspecified atom stereocenters. The van der Waals surface area contributed by atoms with Gasteiger partial charge in [-0.05, 0) is 19.9 Å². The van der Waals surface area contributed by atoms with Gasteiger partial charge in [0.25, 0.3) is 0 Å². The van der Waals surface area contributed by atoms with Gasteiger partial charge in [0, 0.05) is 6.20 Å². The molecule has 80 valence electrons. The number of hydrogen-bond donors (Lipinski definition) is 2. The number of hydrogen-bond acceptors (Lipinski definition) is 5. The van der Waals surface area contributed by atoms with Crippen LogP contribution in [0.1, 0.15) is 19.4 Å². The van der Waals surface area contributed by atoms with Crippen LogP contribution in [0.3, 0.4) is 0 Å². The molecule has 0 fully saturated rings. The van der Waals surface area contributed by atoms with Crippen molar-refractivity contribution >= 4 is 5.69 Å². The first kappa shape index (κ1) is 11.3. The first-order valence-corrected chi connectivity index (χ1v) is 4.43. The summed E-state index contributed by atoms with van der Waals surface area (Å²) in [6.45, 7) is 3.33. The summed E-state index contributed by atoms with van der Waals surface area (Å²) < 4.78 is 5.21. The third-order valence-corrected chi connectivity index (χ3v) is 1.57. The SMILES string of the molecule is CC(C)(O)COc1ncc(C#N)cc1N. The van der Waals surface area contributed by atoms with Crippen molar-refractivity contribution in [3.8, 4) is 11.9 Å². The summed E-state index contributed by atoms with van der Waals surface area (Å²) in [5, 5.41) is 18.0. The molecular weight excluding hydrogens is 194 g/mol. The topological polar surface area (TPSA) is 92.2 Å². The molecule has 0 saturated carbocycles. The van der Waals surface area contributed by atoms with Crippen molar-refractivity contribution in [3.05, 3.63) is 17.8 Å². The van der Waals surface area contributed by atoms with E-state index in [-0.39, 0.29) is 12.5 Å². The van der Waals surface area contributed by atoms with E-state index in [9.17, 15) is 5.11 Å². The second-order valence-corrected chi connectivity index (χ2v) is 3.83. The molecule has 0 atom stereocenters. The number of aromatic nitrogens is 1. The molecule has 0 saturated heterocycles. The highest BCUT2D eigenvalue weighted by molar-refractivity contribution is 5.51. The van der Waals surface area contributed by atoms with Crippen LogP contribution in [0, 0.1) is 11.3 Å². The maximum Gasteiger partial charge on any atom is 0.237 e. The zero-order valence-corrected chi connectivity index (χ0v) is 8.69. The van der Waals surface area contributed by atoms with Crippen molar-refractivity contribution in [1.29, 1.82) is 5.26 Å². The molecule has 1 aromatic heterocycles. The minimum atomic E-state index is -0.942. The van der Waals surface area contributed by atoms with Crippen molar-refractivity contribution in [2.45, 2.75) is 19.4 Å². The van der Waals surface area contributed by atoms with E-state index in [4.69, 9.17) is 15.7 Å². The van der Waals surface area contributed by atoms with E-state index in [1.807, 2.05) is 6.07 Å².